The number of carbonyl (C=O) groups is 1. The minimum atomic E-state index is -0.302. The average molecular weight is 436 g/mol. The molecule has 2 aromatic carbocycles. The van der Waals surface area contributed by atoms with E-state index in [1.165, 1.54) is 0 Å². The second kappa shape index (κ2) is 8.70. The summed E-state index contributed by atoms with van der Waals surface area (Å²) in [6.07, 6.45) is 0. The van der Waals surface area contributed by atoms with E-state index in [4.69, 9.17) is 11.1 Å². The van der Waals surface area contributed by atoms with Crippen molar-refractivity contribution in [1.29, 1.82) is 5.41 Å². The van der Waals surface area contributed by atoms with Gasteiger partial charge in [-0.05, 0) is 35.1 Å². The van der Waals surface area contributed by atoms with Gasteiger partial charge in [0.1, 0.15) is 11.6 Å². The predicted molar refractivity (Wildman–Crippen MR) is 131 cm³/mol. The Morgan fingerprint density at radius 1 is 1.06 bits per heavy atom. The first-order valence-corrected chi connectivity index (χ1v) is 11.3. The van der Waals surface area contributed by atoms with Gasteiger partial charge in [-0.3, -0.25) is 10.2 Å². The van der Waals surface area contributed by atoms with Crippen molar-refractivity contribution in [1.82, 2.24) is 4.90 Å². The second-order valence-electron chi connectivity index (χ2n) is 11.0. The van der Waals surface area contributed by atoms with Crippen molar-refractivity contribution in [3.8, 4) is 5.75 Å². The number of phenolic OH excluding ortho intramolecular Hbond substituents is 1. The van der Waals surface area contributed by atoms with Crippen molar-refractivity contribution in [2.24, 2.45) is 11.7 Å². The van der Waals surface area contributed by atoms with Crippen LogP contribution in [0.2, 0.25) is 0 Å². The molecule has 32 heavy (non-hydrogen) atoms. The van der Waals surface area contributed by atoms with Crippen LogP contribution in [0.3, 0.4) is 0 Å². The number of nitrogens with one attached hydrogen (secondary N) is 1. The van der Waals surface area contributed by atoms with Gasteiger partial charge in [-0.15, -0.1) is 0 Å². The number of hydrogen-bond acceptors (Lipinski definition) is 4. The molecule has 2 aromatic rings. The maximum Gasteiger partial charge on any atom is 0.182 e. The smallest absolute Gasteiger partial charge is 0.182 e. The Morgan fingerprint density at radius 2 is 1.59 bits per heavy atom. The van der Waals surface area contributed by atoms with Gasteiger partial charge in [0.25, 0.3) is 0 Å². The van der Waals surface area contributed by atoms with Crippen LogP contribution < -0.4 is 5.73 Å². The van der Waals surface area contributed by atoms with Crippen molar-refractivity contribution in [2.45, 2.75) is 58.3 Å². The van der Waals surface area contributed by atoms with Crippen molar-refractivity contribution >= 4 is 11.6 Å². The number of rotatable bonds is 5. The molecule has 0 saturated carbocycles. The number of carbonyl (C=O) groups excluding carboxylic acids is 1. The number of benzene rings is 2. The molecule has 2 atom stereocenters. The molecule has 0 bridgehead atoms. The van der Waals surface area contributed by atoms with Gasteiger partial charge in [-0.2, -0.15) is 0 Å². The normalized spacial score (nSPS) is 19.5. The molecule has 1 fully saturated rings. The van der Waals surface area contributed by atoms with E-state index in [-0.39, 0.29) is 40.7 Å². The summed E-state index contributed by atoms with van der Waals surface area (Å²) in [5.41, 5.74) is 8.63. The Bertz CT molecular complexity index is 965. The van der Waals surface area contributed by atoms with E-state index < -0.39 is 0 Å². The molecule has 1 aliphatic heterocycles. The van der Waals surface area contributed by atoms with Crippen LogP contribution in [-0.2, 0) is 10.8 Å². The Labute approximate surface area is 192 Å². The van der Waals surface area contributed by atoms with Crippen LogP contribution in [0.15, 0.2) is 42.5 Å². The minimum Gasteiger partial charge on any atom is -0.507 e. The summed E-state index contributed by atoms with van der Waals surface area (Å²) in [4.78, 5) is 15.3. The van der Waals surface area contributed by atoms with E-state index in [0.717, 1.165) is 16.7 Å². The maximum absolute atomic E-state index is 13.4. The van der Waals surface area contributed by atoms with Crippen LogP contribution >= 0.6 is 0 Å². The molecule has 0 amide bonds. The molecule has 1 aliphatic rings. The second-order valence-corrected chi connectivity index (χ2v) is 11.0. The molecule has 172 valence electrons. The Balaban J connectivity index is 1.93. The van der Waals surface area contributed by atoms with Gasteiger partial charge in [-0.25, -0.2) is 0 Å². The monoisotopic (exact) mass is 435 g/mol. The van der Waals surface area contributed by atoms with Crippen LogP contribution in [-0.4, -0.2) is 41.3 Å². The lowest BCUT2D eigenvalue weighted by Gasteiger charge is -2.28. The van der Waals surface area contributed by atoms with E-state index in [0.29, 0.717) is 24.5 Å². The predicted octanol–water partition coefficient (Wildman–Crippen LogP) is 4.82. The highest BCUT2D eigenvalue weighted by atomic mass is 16.3. The number of aromatic hydroxyl groups is 1. The van der Waals surface area contributed by atoms with Gasteiger partial charge < -0.3 is 15.7 Å². The maximum atomic E-state index is 13.4. The highest BCUT2D eigenvalue weighted by molar-refractivity contribution is 6.01. The van der Waals surface area contributed by atoms with Crippen molar-refractivity contribution in [3.05, 3.63) is 64.7 Å². The molecular weight excluding hydrogens is 398 g/mol. The summed E-state index contributed by atoms with van der Waals surface area (Å²) >= 11 is 0. The van der Waals surface area contributed by atoms with Crippen molar-refractivity contribution in [3.63, 3.8) is 0 Å². The topological polar surface area (TPSA) is 90.4 Å². The summed E-state index contributed by atoms with van der Waals surface area (Å²) in [7, 11) is 0. The Kier molecular flexibility index (Phi) is 6.52. The molecule has 1 saturated heterocycles. The van der Waals surface area contributed by atoms with Gasteiger partial charge in [-0.1, -0.05) is 71.9 Å². The molecule has 0 spiro atoms. The minimum absolute atomic E-state index is 0.0461. The highest BCUT2D eigenvalue weighted by Crippen LogP contribution is 2.40. The van der Waals surface area contributed by atoms with Gasteiger partial charge in [0, 0.05) is 35.1 Å². The summed E-state index contributed by atoms with van der Waals surface area (Å²) < 4.78 is 0. The van der Waals surface area contributed by atoms with Gasteiger partial charge in [0.05, 0.1) is 6.54 Å². The lowest BCUT2D eigenvalue weighted by molar-refractivity contribution is 0.0963. The molecule has 3 rings (SSSR count). The third-order valence-electron chi connectivity index (χ3n) is 6.41. The lowest BCUT2D eigenvalue weighted by atomic mass is 9.78. The first-order valence-electron chi connectivity index (χ1n) is 11.3. The summed E-state index contributed by atoms with van der Waals surface area (Å²) in [6, 6.07) is 13.6. The van der Waals surface area contributed by atoms with Gasteiger partial charge >= 0.3 is 0 Å². The number of phenols is 1. The van der Waals surface area contributed by atoms with Crippen LogP contribution in [0, 0.1) is 11.3 Å². The quantitative estimate of drug-likeness (QED) is 0.587. The van der Waals surface area contributed by atoms with E-state index >= 15 is 0 Å². The van der Waals surface area contributed by atoms with Crippen molar-refractivity contribution in [2.75, 3.05) is 19.6 Å². The SMILES string of the molecule is CC(C)(C)c1cc(C(=O)CN2CC(CN)C(c3ccccc3)C2=N)cc(C(C)(C)C)c1O. The zero-order valence-corrected chi connectivity index (χ0v) is 20.2. The number of amidine groups is 1. The molecule has 1 heterocycles. The number of likely N-dealkylation sites (tertiary alicyclic amines) is 1. The molecule has 0 aromatic heterocycles. The number of nitrogens with zero attached hydrogens (tertiary/aromatic N) is 1. The van der Waals surface area contributed by atoms with E-state index in [2.05, 4.69) is 0 Å². The van der Waals surface area contributed by atoms with Gasteiger partial charge in [0.2, 0.25) is 0 Å². The van der Waals surface area contributed by atoms with E-state index in [1.54, 1.807) is 0 Å². The highest BCUT2D eigenvalue weighted by Gasteiger charge is 2.38. The fraction of sp³-hybridized carbons (Fsp3) is 0.481. The molecule has 5 nitrogen and oxygen atoms in total. The molecule has 0 radical (unpaired) electrons. The summed E-state index contributed by atoms with van der Waals surface area (Å²) in [5, 5.41) is 19.7. The first-order chi connectivity index (χ1) is 14.8. The van der Waals surface area contributed by atoms with Crippen LogP contribution in [0.25, 0.3) is 0 Å². The zero-order valence-electron chi connectivity index (χ0n) is 20.2. The molecule has 4 N–H and O–H groups in total. The Hall–Kier alpha value is -2.66. The fourth-order valence-corrected chi connectivity index (χ4v) is 4.56. The van der Waals surface area contributed by atoms with Crippen LogP contribution in [0.4, 0.5) is 0 Å². The average Bonchev–Trinajstić information content (AvgIpc) is 3.02. The third kappa shape index (κ3) is 4.73. The van der Waals surface area contributed by atoms with Crippen LogP contribution in [0.1, 0.15) is 74.5 Å². The summed E-state index contributed by atoms with van der Waals surface area (Å²) in [5.74, 6) is 0.681. The van der Waals surface area contributed by atoms with Crippen LogP contribution in [0.5, 0.6) is 5.75 Å². The zero-order chi connectivity index (χ0) is 23.8. The fourth-order valence-electron chi connectivity index (χ4n) is 4.56. The molecular formula is C27H37N3O2. The van der Waals surface area contributed by atoms with E-state index in [1.807, 2.05) is 88.9 Å². The standard InChI is InChI=1S/C27H37N3O2/c1-26(2,3)20-12-18(13-21(24(20)32)27(4,5)6)22(31)16-30-15-19(14-28)23(25(30)29)17-10-8-7-9-11-17/h7-13,19,23,29,32H,14-16,28H2,1-6H3. The number of nitrogens with two attached hydrogens (primary N) is 1. The van der Waals surface area contributed by atoms with Crippen molar-refractivity contribution < 1.29 is 9.90 Å². The van der Waals surface area contributed by atoms with Gasteiger partial charge in [0.15, 0.2) is 5.78 Å². The largest absolute Gasteiger partial charge is 0.507 e. The number of ketones is 1. The van der Waals surface area contributed by atoms with E-state index in [9.17, 15) is 9.90 Å². The molecule has 0 aliphatic carbocycles. The number of Topliss-reactive ketones (excluding diaryl/α,β-unsaturated/α-hetero) is 1. The lowest BCUT2D eigenvalue weighted by Crippen LogP contribution is -2.32. The molecule has 2 unspecified atom stereocenters. The Morgan fingerprint density at radius 3 is 2.06 bits per heavy atom. The first kappa shape index (κ1) is 24.0. The number of hydrogen-bond donors (Lipinski definition) is 3. The third-order valence-corrected chi connectivity index (χ3v) is 6.41. The summed E-state index contributed by atoms with van der Waals surface area (Å²) in [6.45, 7) is 13.4. The molecule has 5 heteroatoms.